The summed E-state index contributed by atoms with van der Waals surface area (Å²) in [5.74, 6) is 1.33. The van der Waals surface area contributed by atoms with Crippen molar-refractivity contribution in [3.63, 3.8) is 0 Å². The van der Waals surface area contributed by atoms with E-state index in [2.05, 4.69) is 9.97 Å². The van der Waals surface area contributed by atoms with Crippen molar-refractivity contribution in [3.8, 4) is 0 Å². The minimum absolute atomic E-state index is 0.138. The van der Waals surface area contributed by atoms with E-state index in [1.807, 2.05) is 43.1 Å². The summed E-state index contributed by atoms with van der Waals surface area (Å²) in [6.45, 7) is 2.57. The molecule has 6 heteroatoms. The SMILES string of the molecule is CCc1nc(N(C)Cc2cccc(C(N)=S)c2)cc(=O)[nH]1. The predicted molar refractivity (Wildman–Crippen MR) is 88.7 cm³/mol. The van der Waals surface area contributed by atoms with Gasteiger partial charge in [-0.15, -0.1) is 0 Å². The number of nitrogens with one attached hydrogen (secondary N) is 1. The Labute approximate surface area is 128 Å². The fourth-order valence-electron chi connectivity index (χ4n) is 2.03. The van der Waals surface area contributed by atoms with Gasteiger partial charge in [-0.3, -0.25) is 4.79 Å². The third kappa shape index (κ3) is 3.88. The quantitative estimate of drug-likeness (QED) is 0.821. The van der Waals surface area contributed by atoms with E-state index in [4.69, 9.17) is 18.0 Å². The highest BCUT2D eigenvalue weighted by molar-refractivity contribution is 7.80. The average molecular weight is 302 g/mol. The van der Waals surface area contributed by atoms with Crippen molar-refractivity contribution in [1.82, 2.24) is 9.97 Å². The van der Waals surface area contributed by atoms with E-state index in [-0.39, 0.29) is 5.56 Å². The second-order valence-electron chi connectivity index (χ2n) is 4.82. The van der Waals surface area contributed by atoms with E-state index in [1.165, 1.54) is 6.07 Å². The van der Waals surface area contributed by atoms with Crippen LogP contribution in [0.4, 0.5) is 5.82 Å². The minimum Gasteiger partial charge on any atom is -0.389 e. The highest BCUT2D eigenvalue weighted by Crippen LogP contribution is 2.12. The van der Waals surface area contributed by atoms with Crippen LogP contribution in [0.15, 0.2) is 35.1 Å². The molecule has 2 rings (SSSR count). The molecular weight excluding hydrogens is 284 g/mol. The number of benzene rings is 1. The van der Waals surface area contributed by atoms with Crippen molar-refractivity contribution in [2.75, 3.05) is 11.9 Å². The number of aromatic nitrogens is 2. The lowest BCUT2D eigenvalue weighted by atomic mass is 10.1. The number of nitrogens with two attached hydrogens (primary N) is 1. The third-order valence-corrected chi connectivity index (χ3v) is 3.37. The maximum Gasteiger partial charge on any atom is 0.252 e. The zero-order chi connectivity index (χ0) is 15.4. The monoisotopic (exact) mass is 302 g/mol. The van der Waals surface area contributed by atoms with Crippen molar-refractivity contribution in [3.05, 3.63) is 57.6 Å². The zero-order valence-corrected chi connectivity index (χ0v) is 12.9. The number of hydrogen-bond acceptors (Lipinski definition) is 4. The summed E-state index contributed by atoms with van der Waals surface area (Å²) in [6, 6.07) is 9.24. The molecule has 2 aromatic rings. The summed E-state index contributed by atoms with van der Waals surface area (Å²) in [5.41, 5.74) is 7.40. The Bertz CT molecular complexity index is 711. The molecule has 0 aliphatic carbocycles. The lowest BCUT2D eigenvalue weighted by Crippen LogP contribution is -2.22. The van der Waals surface area contributed by atoms with Gasteiger partial charge in [0, 0.05) is 31.6 Å². The second kappa shape index (κ2) is 6.49. The van der Waals surface area contributed by atoms with E-state index in [9.17, 15) is 4.79 Å². The number of H-pyrrole nitrogens is 1. The van der Waals surface area contributed by atoms with Gasteiger partial charge < -0.3 is 15.6 Å². The molecule has 0 unspecified atom stereocenters. The molecule has 0 saturated carbocycles. The van der Waals surface area contributed by atoms with Gasteiger partial charge in [0.2, 0.25) is 0 Å². The molecule has 1 heterocycles. The van der Waals surface area contributed by atoms with Gasteiger partial charge in [-0.05, 0) is 11.6 Å². The number of anilines is 1. The van der Waals surface area contributed by atoms with E-state index in [0.29, 0.717) is 29.6 Å². The van der Waals surface area contributed by atoms with Crippen LogP contribution < -0.4 is 16.2 Å². The molecule has 0 bridgehead atoms. The molecule has 5 nitrogen and oxygen atoms in total. The molecule has 0 amide bonds. The third-order valence-electron chi connectivity index (χ3n) is 3.13. The first-order valence-corrected chi connectivity index (χ1v) is 7.10. The molecule has 1 aromatic carbocycles. The molecule has 0 radical (unpaired) electrons. The van der Waals surface area contributed by atoms with Crippen LogP contribution in [-0.2, 0) is 13.0 Å². The smallest absolute Gasteiger partial charge is 0.252 e. The van der Waals surface area contributed by atoms with Crippen molar-refractivity contribution < 1.29 is 0 Å². The van der Waals surface area contributed by atoms with Gasteiger partial charge >= 0.3 is 0 Å². The molecule has 0 saturated heterocycles. The number of hydrogen-bond donors (Lipinski definition) is 2. The van der Waals surface area contributed by atoms with Crippen LogP contribution in [0.25, 0.3) is 0 Å². The Hall–Kier alpha value is -2.21. The zero-order valence-electron chi connectivity index (χ0n) is 12.1. The van der Waals surface area contributed by atoms with Crippen LogP contribution in [-0.4, -0.2) is 22.0 Å². The van der Waals surface area contributed by atoms with Crippen LogP contribution in [0.3, 0.4) is 0 Å². The van der Waals surface area contributed by atoms with Crippen LogP contribution >= 0.6 is 12.2 Å². The van der Waals surface area contributed by atoms with Gasteiger partial charge in [0.25, 0.3) is 5.56 Å². The maximum absolute atomic E-state index is 11.6. The molecule has 0 aliphatic heterocycles. The highest BCUT2D eigenvalue weighted by atomic mass is 32.1. The Kier molecular flexibility index (Phi) is 4.70. The predicted octanol–water partition coefficient (Wildman–Crippen LogP) is 1.60. The van der Waals surface area contributed by atoms with Crippen molar-refractivity contribution in [2.24, 2.45) is 5.73 Å². The van der Waals surface area contributed by atoms with Gasteiger partial charge in [0.15, 0.2) is 0 Å². The lowest BCUT2D eigenvalue weighted by Gasteiger charge is -2.18. The molecule has 0 fully saturated rings. The van der Waals surface area contributed by atoms with Gasteiger partial charge in [0.1, 0.15) is 16.6 Å². The summed E-state index contributed by atoms with van der Waals surface area (Å²) < 4.78 is 0. The Balaban J connectivity index is 2.23. The fourth-order valence-corrected chi connectivity index (χ4v) is 2.16. The van der Waals surface area contributed by atoms with E-state index >= 15 is 0 Å². The number of aromatic amines is 1. The molecule has 1 aromatic heterocycles. The number of rotatable bonds is 5. The normalized spacial score (nSPS) is 10.4. The Morgan fingerprint density at radius 1 is 1.43 bits per heavy atom. The summed E-state index contributed by atoms with van der Waals surface area (Å²) in [4.78, 5) is 21.1. The van der Waals surface area contributed by atoms with Crippen LogP contribution in [0.1, 0.15) is 23.9 Å². The van der Waals surface area contributed by atoms with Crippen molar-refractivity contribution >= 4 is 23.0 Å². The second-order valence-corrected chi connectivity index (χ2v) is 5.26. The van der Waals surface area contributed by atoms with Crippen LogP contribution in [0, 0.1) is 0 Å². The van der Waals surface area contributed by atoms with Gasteiger partial charge in [-0.1, -0.05) is 37.3 Å². The van der Waals surface area contributed by atoms with Crippen molar-refractivity contribution in [1.29, 1.82) is 0 Å². The highest BCUT2D eigenvalue weighted by Gasteiger charge is 2.07. The number of thiocarbonyl (C=S) groups is 1. The van der Waals surface area contributed by atoms with E-state index in [0.717, 1.165) is 11.1 Å². The Morgan fingerprint density at radius 2 is 2.19 bits per heavy atom. The van der Waals surface area contributed by atoms with Crippen LogP contribution in [0.5, 0.6) is 0 Å². The summed E-state index contributed by atoms with van der Waals surface area (Å²) in [6.07, 6.45) is 0.688. The molecule has 110 valence electrons. The first kappa shape index (κ1) is 15.2. The molecule has 0 aliphatic rings. The summed E-state index contributed by atoms with van der Waals surface area (Å²) in [7, 11) is 1.90. The summed E-state index contributed by atoms with van der Waals surface area (Å²) >= 11 is 4.99. The molecule has 3 N–H and O–H groups in total. The maximum atomic E-state index is 11.6. The summed E-state index contributed by atoms with van der Waals surface area (Å²) in [5, 5.41) is 0. The minimum atomic E-state index is -0.138. The molecule has 0 atom stereocenters. The first-order chi connectivity index (χ1) is 9.99. The van der Waals surface area contributed by atoms with E-state index in [1.54, 1.807) is 0 Å². The van der Waals surface area contributed by atoms with E-state index < -0.39 is 0 Å². The largest absolute Gasteiger partial charge is 0.389 e. The van der Waals surface area contributed by atoms with Gasteiger partial charge in [-0.25, -0.2) is 4.98 Å². The molecule has 0 spiro atoms. The Morgan fingerprint density at radius 3 is 2.86 bits per heavy atom. The van der Waals surface area contributed by atoms with Gasteiger partial charge in [0.05, 0.1) is 0 Å². The van der Waals surface area contributed by atoms with Gasteiger partial charge in [-0.2, -0.15) is 0 Å². The first-order valence-electron chi connectivity index (χ1n) is 6.69. The van der Waals surface area contributed by atoms with Crippen molar-refractivity contribution in [2.45, 2.75) is 19.9 Å². The van der Waals surface area contributed by atoms with Crippen LogP contribution in [0.2, 0.25) is 0 Å². The number of nitrogens with zero attached hydrogens (tertiary/aromatic N) is 2. The standard InChI is InChI=1S/C15H18N4OS/c1-3-12-17-13(8-14(20)18-12)19(2)9-10-5-4-6-11(7-10)15(16)21/h4-8H,3,9H2,1-2H3,(H2,16,21)(H,17,18,20). The molecule has 21 heavy (non-hydrogen) atoms. The lowest BCUT2D eigenvalue weighted by molar-refractivity contribution is 0.849. The average Bonchev–Trinajstić information content (AvgIpc) is 2.46. The topological polar surface area (TPSA) is 75.0 Å². The number of aryl methyl sites for hydroxylation is 1. The molecular formula is C15H18N4OS. The fraction of sp³-hybridized carbons (Fsp3) is 0.267.